The van der Waals surface area contributed by atoms with Gasteiger partial charge in [-0.2, -0.15) is 5.10 Å². The zero-order valence-electron chi connectivity index (χ0n) is 9.99. The van der Waals surface area contributed by atoms with E-state index in [0.717, 1.165) is 29.0 Å². The standard InChI is InChI=1S/C13H15BrN4/c14-13-7-10(3-6-16-13)12-8-11(17-18-12)9-1-4-15-5-2-9/h3,6-9,15H,1-2,4-5H2,(H,17,18). The van der Waals surface area contributed by atoms with Crippen LogP contribution in [0.25, 0.3) is 11.3 Å². The third-order valence-electron chi connectivity index (χ3n) is 3.40. The molecular formula is C13H15BrN4. The summed E-state index contributed by atoms with van der Waals surface area (Å²) in [6, 6.07) is 6.13. The smallest absolute Gasteiger partial charge is 0.106 e. The van der Waals surface area contributed by atoms with Crippen LogP contribution >= 0.6 is 15.9 Å². The highest BCUT2D eigenvalue weighted by Crippen LogP contribution is 2.27. The van der Waals surface area contributed by atoms with Crippen molar-refractivity contribution < 1.29 is 0 Å². The van der Waals surface area contributed by atoms with Gasteiger partial charge >= 0.3 is 0 Å². The average Bonchev–Trinajstić information content (AvgIpc) is 2.89. The number of halogens is 1. The molecule has 0 aliphatic carbocycles. The summed E-state index contributed by atoms with van der Waals surface area (Å²) in [6.07, 6.45) is 4.15. The van der Waals surface area contributed by atoms with Crippen LogP contribution in [0.5, 0.6) is 0 Å². The Labute approximate surface area is 114 Å². The number of rotatable bonds is 2. The fourth-order valence-corrected chi connectivity index (χ4v) is 2.75. The molecule has 1 saturated heterocycles. The molecule has 1 fully saturated rings. The van der Waals surface area contributed by atoms with E-state index in [9.17, 15) is 0 Å². The van der Waals surface area contributed by atoms with Crippen LogP contribution < -0.4 is 5.32 Å². The van der Waals surface area contributed by atoms with Gasteiger partial charge in [0.1, 0.15) is 4.60 Å². The van der Waals surface area contributed by atoms with Crippen LogP contribution in [0.15, 0.2) is 29.0 Å². The first kappa shape index (κ1) is 11.9. The number of hydrogen-bond donors (Lipinski definition) is 2. The minimum absolute atomic E-state index is 0.609. The maximum absolute atomic E-state index is 4.41. The second-order valence-corrected chi connectivity index (χ2v) is 5.41. The van der Waals surface area contributed by atoms with Crippen molar-refractivity contribution >= 4 is 15.9 Å². The molecule has 0 unspecified atom stereocenters. The van der Waals surface area contributed by atoms with Gasteiger partial charge in [-0.1, -0.05) is 0 Å². The van der Waals surface area contributed by atoms with Gasteiger partial charge in [-0.25, -0.2) is 4.98 Å². The minimum Gasteiger partial charge on any atom is -0.317 e. The summed E-state index contributed by atoms with van der Waals surface area (Å²) in [5, 5.41) is 11.0. The molecular weight excluding hydrogens is 292 g/mol. The quantitative estimate of drug-likeness (QED) is 0.839. The summed E-state index contributed by atoms with van der Waals surface area (Å²) in [4.78, 5) is 4.13. The topological polar surface area (TPSA) is 53.6 Å². The van der Waals surface area contributed by atoms with E-state index >= 15 is 0 Å². The lowest BCUT2D eigenvalue weighted by molar-refractivity contribution is 0.453. The summed E-state index contributed by atoms with van der Waals surface area (Å²) in [7, 11) is 0. The largest absolute Gasteiger partial charge is 0.317 e. The highest BCUT2D eigenvalue weighted by molar-refractivity contribution is 9.10. The van der Waals surface area contributed by atoms with Gasteiger partial charge in [0.05, 0.1) is 5.69 Å². The SMILES string of the molecule is Brc1cc(-c2cc(C3CCNCC3)[nH]n2)ccn1. The Balaban J connectivity index is 1.84. The molecule has 94 valence electrons. The summed E-state index contributed by atoms with van der Waals surface area (Å²) in [5.41, 5.74) is 3.33. The van der Waals surface area contributed by atoms with Gasteiger partial charge in [0.25, 0.3) is 0 Å². The number of piperidine rings is 1. The molecule has 0 atom stereocenters. The highest BCUT2D eigenvalue weighted by atomic mass is 79.9. The van der Waals surface area contributed by atoms with Crippen LogP contribution in [0.3, 0.4) is 0 Å². The Morgan fingerprint density at radius 3 is 2.83 bits per heavy atom. The fourth-order valence-electron chi connectivity index (χ4n) is 2.39. The molecule has 0 radical (unpaired) electrons. The molecule has 3 rings (SSSR count). The van der Waals surface area contributed by atoms with Crippen molar-refractivity contribution in [2.45, 2.75) is 18.8 Å². The molecule has 0 amide bonds. The lowest BCUT2D eigenvalue weighted by atomic mass is 9.94. The molecule has 5 heteroatoms. The van der Waals surface area contributed by atoms with Crippen molar-refractivity contribution in [3.05, 3.63) is 34.7 Å². The van der Waals surface area contributed by atoms with E-state index in [0.29, 0.717) is 5.92 Å². The molecule has 18 heavy (non-hydrogen) atoms. The summed E-state index contributed by atoms with van der Waals surface area (Å²) in [6.45, 7) is 2.19. The number of pyridine rings is 1. The zero-order chi connectivity index (χ0) is 12.4. The molecule has 1 aliphatic rings. The van der Waals surface area contributed by atoms with Crippen molar-refractivity contribution in [3.63, 3.8) is 0 Å². The second-order valence-electron chi connectivity index (χ2n) is 4.60. The molecule has 1 aliphatic heterocycles. The monoisotopic (exact) mass is 306 g/mol. The molecule has 0 spiro atoms. The molecule has 0 saturated carbocycles. The predicted molar refractivity (Wildman–Crippen MR) is 74.4 cm³/mol. The number of nitrogens with one attached hydrogen (secondary N) is 2. The molecule has 2 N–H and O–H groups in total. The fraction of sp³-hybridized carbons (Fsp3) is 0.385. The van der Waals surface area contributed by atoms with E-state index < -0.39 is 0 Å². The van der Waals surface area contributed by atoms with Gasteiger partial charge in [0, 0.05) is 23.4 Å². The van der Waals surface area contributed by atoms with E-state index in [4.69, 9.17) is 0 Å². The molecule has 4 nitrogen and oxygen atoms in total. The van der Waals surface area contributed by atoms with Crippen molar-refractivity contribution in [2.24, 2.45) is 0 Å². The van der Waals surface area contributed by atoms with Crippen molar-refractivity contribution in [1.82, 2.24) is 20.5 Å². The van der Waals surface area contributed by atoms with E-state index in [1.807, 2.05) is 12.1 Å². The maximum atomic E-state index is 4.41. The predicted octanol–water partition coefficient (Wildman–Crippen LogP) is 2.70. The van der Waals surface area contributed by atoms with Crippen molar-refractivity contribution in [2.75, 3.05) is 13.1 Å². The third kappa shape index (κ3) is 2.47. The Kier molecular flexibility index (Phi) is 3.43. The van der Waals surface area contributed by atoms with Gasteiger partial charge in [0.2, 0.25) is 0 Å². The molecule has 0 bridgehead atoms. The van der Waals surface area contributed by atoms with Crippen molar-refractivity contribution in [1.29, 1.82) is 0 Å². The number of nitrogens with zero attached hydrogens (tertiary/aromatic N) is 2. The number of aromatic amines is 1. The highest BCUT2D eigenvalue weighted by Gasteiger charge is 2.17. The van der Waals surface area contributed by atoms with E-state index in [1.165, 1.54) is 18.5 Å². The van der Waals surface area contributed by atoms with Crippen LogP contribution in [0, 0.1) is 0 Å². The summed E-state index contributed by atoms with van der Waals surface area (Å²) < 4.78 is 0.839. The Morgan fingerprint density at radius 2 is 2.06 bits per heavy atom. The van der Waals surface area contributed by atoms with Gasteiger partial charge in [-0.05, 0) is 60.1 Å². The molecule has 2 aromatic heterocycles. The van der Waals surface area contributed by atoms with Gasteiger partial charge in [0.15, 0.2) is 0 Å². The number of aromatic nitrogens is 3. The minimum atomic E-state index is 0.609. The summed E-state index contributed by atoms with van der Waals surface area (Å²) >= 11 is 3.39. The van der Waals surface area contributed by atoms with Crippen LogP contribution in [0.4, 0.5) is 0 Å². The third-order valence-corrected chi connectivity index (χ3v) is 3.83. The van der Waals surface area contributed by atoms with Crippen LogP contribution in [-0.2, 0) is 0 Å². The molecule has 3 heterocycles. The number of hydrogen-bond acceptors (Lipinski definition) is 3. The van der Waals surface area contributed by atoms with Crippen LogP contribution in [0.2, 0.25) is 0 Å². The van der Waals surface area contributed by atoms with Gasteiger partial charge < -0.3 is 5.32 Å². The molecule has 2 aromatic rings. The Morgan fingerprint density at radius 1 is 1.22 bits per heavy atom. The average molecular weight is 307 g/mol. The lowest BCUT2D eigenvalue weighted by Gasteiger charge is -2.20. The van der Waals surface area contributed by atoms with E-state index in [-0.39, 0.29) is 0 Å². The Hall–Kier alpha value is -1.20. The zero-order valence-corrected chi connectivity index (χ0v) is 11.6. The Bertz CT molecular complexity index is 531. The lowest BCUT2D eigenvalue weighted by Crippen LogP contribution is -2.26. The van der Waals surface area contributed by atoms with Gasteiger partial charge in [-0.15, -0.1) is 0 Å². The first-order chi connectivity index (χ1) is 8.83. The van der Waals surface area contributed by atoms with Crippen molar-refractivity contribution in [3.8, 4) is 11.3 Å². The number of H-pyrrole nitrogens is 1. The maximum Gasteiger partial charge on any atom is 0.106 e. The first-order valence-corrected chi connectivity index (χ1v) is 7.00. The van der Waals surface area contributed by atoms with Crippen LogP contribution in [-0.4, -0.2) is 28.3 Å². The second kappa shape index (κ2) is 5.20. The van der Waals surface area contributed by atoms with E-state index in [2.05, 4.69) is 42.5 Å². The van der Waals surface area contributed by atoms with Gasteiger partial charge in [-0.3, -0.25) is 5.10 Å². The van der Waals surface area contributed by atoms with E-state index in [1.54, 1.807) is 6.20 Å². The normalized spacial score (nSPS) is 16.9. The van der Waals surface area contributed by atoms with Crippen LogP contribution in [0.1, 0.15) is 24.5 Å². The molecule has 0 aromatic carbocycles. The summed E-state index contributed by atoms with van der Waals surface area (Å²) in [5.74, 6) is 0.609. The first-order valence-electron chi connectivity index (χ1n) is 6.21.